The zero-order chi connectivity index (χ0) is 18.4. The third-order valence-electron chi connectivity index (χ3n) is 4.02. The molecule has 136 valence electrons. The van der Waals surface area contributed by atoms with E-state index in [2.05, 4.69) is 14.9 Å². The molecule has 0 aliphatic rings. The first-order chi connectivity index (χ1) is 12.5. The number of rotatable bonds is 8. The number of nitrogens with zero attached hydrogens (tertiary/aromatic N) is 2. The van der Waals surface area contributed by atoms with E-state index in [1.54, 1.807) is 0 Å². The zero-order valence-electron chi connectivity index (χ0n) is 14.6. The highest BCUT2D eigenvalue weighted by Crippen LogP contribution is 2.19. The monoisotopic (exact) mass is 371 g/mol. The molecule has 0 saturated heterocycles. The van der Waals surface area contributed by atoms with Crippen LogP contribution in [0.25, 0.3) is 11.4 Å². The van der Waals surface area contributed by atoms with E-state index in [4.69, 9.17) is 4.52 Å². The minimum atomic E-state index is -3.34. The molecule has 3 rings (SSSR count). The average Bonchev–Trinajstić information content (AvgIpc) is 3.10. The van der Waals surface area contributed by atoms with Crippen LogP contribution in [-0.4, -0.2) is 30.9 Å². The molecule has 0 spiro atoms. The number of benzene rings is 2. The molecule has 0 aliphatic heterocycles. The zero-order valence-corrected chi connectivity index (χ0v) is 15.4. The fraction of sp³-hybridized carbons (Fsp3) is 0.263. The first-order valence-electron chi connectivity index (χ1n) is 8.43. The summed E-state index contributed by atoms with van der Waals surface area (Å²) in [5, 5.41) is 3.98. The summed E-state index contributed by atoms with van der Waals surface area (Å²) in [6.07, 6.45) is 0.831. The molecule has 1 N–H and O–H groups in total. The largest absolute Gasteiger partial charge is 0.339 e. The topological polar surface area (TPSA) is 85.1 Å². The summed E-state index contributed by atoms with van der Waals surface area (Å²) in [5.41, 5.74) is 2.96. The molecule has 26 heavy (non-hydrogen) atoms. The van der Waals surface area contributed by atoms with Crippen LogP contribution in [0.4, 0.5) is 0 Å². The van der Waals surface area contributed by atoms with Gasteiger partial charge >= 0.3 is 0 Å². The Bertz CT molecular complexity index is 953. The molecular weight excluding hydrogens is 350 g/mol. The molecule has 0 aliphatic carbocycles. The van der Waals surface area contributed by atoms with Gasteiger partial charge < -0.3 is 4.52 Å². The Morgan fingerprint density at radius 1 is 1.00 bits per heavy atom. The van der Waals surface area contributed by atoms with Crippen LogP contribution < -0.4 is 4.72 Å². The second kappa shape index (κ2) is 8.25. The van der Waals surface area contributed by atoms with E-state index in [0.717, 1.165) is 16.7 Å². The molecule has 2 aromatic carbocycles. The summed E-state index contributed by atoms with van der Waals surface area (Å²) in [7, 11) is -3.34. The fourth-order valence-electron chi connectivity index (χ4n) is 2.57. The van der Waals surface area contributed by atoms with Crippen molar-refractivity contribution in [1.29, 1.82) is 0 Å². The third-order valence-corrected chi connectivity index (χ3v) is 5.40. The van der Waals surface area contributed by atoms with E-state index in [0.29, 0.717) is 24.6 Å². The molecule has 0 bridgehead atoms. The van der Waals surface area contributed by atoms with Crippen molar-refractivity contribution >= 4 is 10.0 Å². The second-order valence-corrected chi connectivity index (χ2v) is 7.95. The van der Waals surface area contributed by atoms with Crippen molar-refractivity contribution in [3.63, 3.8) is 0 Å². The van der Waals surface area contributed by atoms with Gasteiger partial charge in [0, 0.05) is 18.5 Å². The molecule has 1 heterocycles. The smallest absolute Gasteiger partial charge is 0.228 e. The SMILES string of the molecule is Cc1ccccc1-c1noc(CCNS(=O)(=O)CCc2ccccc2)n1. The van der Waals surface area contributed by atoms with Crippen LogP contribution in [0.1, 0.15) is 17.0 Å². The lowest BCUT2D eigenvalue weighted by atomic mass is 10.1. The Kier molecular flexibility index (Phi) is 5.80. The normalized spacial score (nSPS) is 11.6. The van der Waals surface area contributed by atoms with Crippen molar-refractivity contribution in [2.24, 2.45) is 0 Å². The van der Waals surface area contributed by atoms with Crippen molar-refractivity contribution < 1.29 is 12.9 Å². The highest BCUT2D eigenvalue weighted by Gasteiger charge is 2.13. The molecule has 0 unspecified atom stereocenters. The quantitative estimate of drug-likeness (QED) is 0.658. The van der Waals surface area contributed by atoms with Crippen LogP contribution in [0.5, 0.6) is 0 Å². The summed E-state index contributed by atoms with van der Waals surface area (Å²) in [6.45, 7) is 2.21. The van der Waals surface area contributed by atoms with Crippen molar-refractivity contribution in [2.45, 2.75) is 19.8 Å². The van der Waals surface area contributed by atoms with Crippen LogP contribution in [-0.2, 0) is 22.9 Å². The van der Waals surface area contributed by atoms with E-state index in [9.17, 15) is 8.42 Å². The van der Waals surface area contributed by atoms with E-state index in [-0.39, 0.29) is 12.3 Å². The molecule has 0 saturated carbocycles. The van der Waals surface area contributed by atoms with Crippen molar-refractivity contribution in [3.05, 3.63) is 71.6 Å². The number of sulfonamides is 1. The van der Waals surface area contributed by atoms with Crippen LogP contribution in [0.2, 0.25) is 0 Å². The summed E-state index contributed by atoms with van der Waals surface area (Å²) in [4.78, 5) is 4.34. The van der Waals surface area contributed by atoms with E-state index in [1.807, 2.05) is 61.5 Å². The summed E-state index contributed by atoms with van der Waals surface area (Å²) >= 11 is 0. The lowest BCUT2D eigenvalue weighted by Gasteiger charge is -2.05. The first kappa shape index (κ1) is 18.3. The van der Waals surface area contributed by atoms with Gasteiger partial charge in [0.2, 0.25) is 21.7 Å². The van der Waals surface area contributed by atoms with Gasteiger partial charge in [0.1, 0.15) is 0 Å². The van der Waals surface area contributed by atoms with Gasteiger partial charge in [-0.2, -0.15) is 4.98 Å². The number of hydrogen-bond acceptors (Lipinski definition) is 5. The van der Waals surface area contributed by atoms with Gasteiger partial charge in [-0.25, -0.2) is 13.1 Å². The van der Waals surface area contributed by atoms with Crippen molar-refractivity contribution in [3.8, 4) is 11.4 Å². The maximum Gasteiger partial charge on any atom is 0.228 e. The highest BCUT2D eigenvalue weighted by atomic mass is 32.2. The number of hydrogen-bond donors (Lipinski definition) is 1. The van der Waals surface area contributed by atoms with Gasteiger partial charge in [0.15, 0.2) is 0 Å². The van der Waals surface area contributed by atoms with E-state index < -0.39 is 10.0 Å². The highest BCUT2D eigenvalue weighted by molar-refractivity contribution is 7.89. The van der Waals surface area contributed by atoms with Crippen LogP contribution in [0, 0.1) is 6.92 Å². The first-order valence-corrected chi connectivity index (χ1v) is 10.1. The average molecular weight is 371 g/mol. The minimum Gasteiger partial charge on any atom is -0.339 e. The van der Waals surface area contributed by atoms with Gasteiger partial charge in [-0.3, -0.25) is 0 Å². The predicted molar refractivity (Wildman–Crippen MR) is 100 cm³/mol. The van der Waals surface area contributed by atoms with Gasteiger partial charge in [0.05, 0.1) is 5.75 Å². The maximum atomic E-state index is 12.1. The van der Waals surface area contributed by atoms with Crippen LogP contribution >= 0.6 is 0 Å². The number of aryl methyl sites for hydroxylation is 2. The Balaban J connectivity index is 1.51. The van der Waals surface area contributed by atoms with Crippen LogP contribution in [0.15, 0.2) is 59.1 Å². The summed E-state index contributed by atoms with van der Waals surface area (Å²) in [5.74, 6) is 0.981. The molecular formula is C19H21N3O3S. The molecule has 6 nitrogen and oxygen atoms in total. The molecule has 0 amide bonds. The van der Waals surface area contributed by atoms with Crippen molar-refractivity contribution in [1.82, 2.24) is 14.9 Å². The molecule has 0 radical (unpaired) electrons. The van der Waals surface area contributed by atoms with Crippen LogP contribution in [0.3, 0.4) is 0 Å². The summed E-state index contributed by atoms with van der Waals surface area (Å²) in [6, 6.07) is 17.3. The van der Waals surface area contributed by atoms with Gasteiger partial charge in [-0.05, 0) is 24.5 Å². The van der Waals surface area contributed by atoms with Gasteiger partial charge in [-0.15, -0.1) is 0 Å². The van der Waals surface area contributed by atoms with Gasteiger partial charge in [-0.1, -0.05) is 59.8 Å². The predicted octanol–water partition coefficient (Wildman–Crippen LogP) is 2.75. The molecule has 0 atom stereocenters. The Morgan fingerprint density at radius 2 is 1.73 bits per heavy atom. The van der Waals surface area contributed by atoms with E-state index >= 15 is 0 Å². The maximum absolute atomic E-state index is 12.1. The Labute approximate surface area is 153 Å². The number of nitrogens with one attached hydrogen (secondary N) is 1. The Hall–Kier alpha value is -2.51. The van der Waals surface area contributed by atoms with E-state index in [1.165, 1.54) is 0 Å². The lowest BCUT2D eigenvalue weighted by Crippen LogP contribution is -2.29. The van der Waals surface area contributed by atoms with Gasteiger partial charge in [0.25, 0.3) is 0 Å². The molecule has 1 aromatic heterocycles. The molecule has 3 aromatic rings. The minimum absolute atomic E-state index is 0.0509. The standard InChI is InChI=1S/C19H21N3O3S/c1-15-7-5-6-10-17(15)19-21-18(25-22-19)11-13-20-26(23,24)14-12-16-8-3-2-4-9-16/h2-10,20H,11-14H2,1H3. The van der Waals surface area contributed by atoms with Crippen molar-refractivity contribution in [2.75, 3.05) is 12.3 Å². The molecule has 0 fully saturated rings. The lowest BCUT2D eigenvalue weighted by molar-refractivity contribution is 0.379. The second-order valence-electron chi connectivity index (χ2n) is 6.03. The third kappa shape index (κ3) is 5.00. The fourth-order valence-corrected chi connectivity index (χ4v) is 3.63. The number of aromatic nitrogens is 2. The molecule has 7 heteroatoms. The Morgan fingerprint density at radius 3 is 2.50 bits per heavy atom. The summed E-state index contributed by atoms with van der Waals surface area (Å²) < 4.78 is 32.0.